The lowest BCUT2D eigenvalue weighted by Gasteiger charge is -2.33. The lowest BCUT2D eigenvalue weighted by atomic mass is 10.2. The van der Waals surface area contributed by atoms with Crippen LogP contribution < -0.4 is 4.74 Å². The summed E-state index contributed by atoms with van der Waals surface area (Å²) in [5, 5.41) is 0.750. The zero-order chi connectivity index (χ0) is 20.6. The van der Waals surface area contributed by atoms with E-state index in [9.17, 15) is 17.6 Å². The van der Waals surface area contributed by atoms with E-state index in [1.807, 2.05) is 6.07 Å². The van der Waals surface area contributed by atoms with Crippen LogP contribution in [0.5, 0.6) is 5.75 Å². The Morgan fingerprint density at radius 2 is 1.79 bits per heavy atom. The molecule has 9 heteroatoms. The van der Waals surface area contributed by atoms with Gasteiger partial charge in [0.1, 0.15) is 5.82 Å². The van der Waals surface area contributed by atoms with Gasteiger partial charge < -0.3 is 14.1 Å². The predicted octanol–water partition coefficient (Wildman–Crippen LogP) is 2.73. The minimum atomic E-state index is -3.81. The molecule has 1 amide bonds. The van der Waals surface area contributed by atoms with Crippen molar-refractivity contribution < 1.29 is 26.8 Å². The molecule has 2 aromatic carbocycles. The van der Waals surface area contributed by atoms with Gasteiger partial charge in [-0.25, -0.2) is 12.8 Å². The van der Waals surface area contributed by atoms with Gasteiger partial charge >= 0.3 is 0 Å². The standard InChI is InChI=1S/C20H19FN2O5S/c1-27-17-7-2-4-14-12-18(28-19(14)17)20(24)22-8-10-23(11-9-22)29(25,26)16-6-3-5-15(21)13-16/h2-7,12-13H,8-11H2,1H3. The molecule has 2 heterocycles. The third kappa shape index (κ3) is 3.58. The first-order valence-corrected chi connectivity index (χ1v) is 10.5. The number of piperazine rings is 1. The van der Waals surface area contributed by atoms with Crippen molar-refractivity contribution in [1.82, 2.24) is 9.21 Å². The maximum absolute atomic E-state index is 13.4. The van der Waals surface area contributed by atoms with E-state index in [0.717, 1.165) is 11.5 Å². The molecule has 1 saturated heterocycles. The smallest absolute Gasteiger partial charge is 0.289 e. The summed E-state index contributed by atoms with van der Waals surface area (Å²) < 4.78 is 51.0. The minimum absolute atomic E-state index is 0.0957. The van der Waals surface area contributed by atoms with E-state index < -0.39 is 15.8 Å². The van der Waals surface area contributed by atoms with Crippen LogP contribution in [0.1, 0.15) is 10.6 Å². The fourth-order valence-electron chi connectivity index (χ4n) is 3.37. The van der Waals surface area contributed by atoms with Crippen LogP contribution in [-0.2, 0) is 10.0 Å². The Morgan fingerprint density at radius 1 is 1.07 bits per heavy atom. The number of hydrogen-bond donors (Lipinski definition) is 0. The Hall–Kier alpha value is -2.91. The number of amides is 1. The summed E-state index contributed by atoms with van der Waals surface area (Å²) in [6, 6.07) is 11.9. The van der Waals surface area contributed by atoms with Crippen LogP contribution in [0.3, 0.4) is 0 Å². The van der Waals surface area contributed by atoms with Crippen molar-refractivity contribution in [3.05, 3.63) is 60.1 Å². The third-order valence-corrected chi connectivity index (χ3v) is 6.79. The second kappa shape index (κ2) is 7.49. The van der Waals surface area contributed by atoms with Crippen molar-refractivity contribution >= 4 is 26.9 Å². The van der Waals surface area contributed by atoms with Gasteiger partial charge in [0.05, 0.1) is 12.0 Å². The minimum Gasteiger partial charge on any atom is -0.493 e. The predicted molar refractivity (Wildman–Crippen MR) is 104 cm³/mol. The van der Waals surface area contributed by atoms with Crippen molar-refractivity contribution in [3.8, 4) is 5.75 Å². The Balaban J connectivity index is 1.49. The number of hydrogen-bond acceptors (Lipinski definition) is 5. The van der Waals surface area contributed by atoms with Gasteiger partial charge in [-0.15, -0.1) is 0 Å². The Kier molecular flexibility index (Phi) is 5.01. The summed E-state index contributed by atoms with van der Waals surface area (Å²) in [6.45, 7) is 0.658. The van der Waals surface area contributed by atoms with Crippen molar-refractivity contribution in [3.63, 3.8) is 0 Å². The number of fused-ring (bicyclic) bond motifs is 1. The SMILES string of the molecule is COc1cccc2cc(C(=O)N3CCN(S(=O)(=O)c4cccc(F)c4)CC3)oc12. The Morgan fingerprint density at radius 3 is 2.48 bits per heavy atom. The van der Waals surface area contributed by atoms with E-state index in [-0.39, 0.29) is 42.7 Å². The molecular weight excluding hydrogens is 399 g/mol. The number of furan rings is 1. The number of ether oxygens (including phenoxy) is 1. The summed E-state index contributed by atoms with van der Waals surface area (Å²) in [5.41, 5.74) is 0.491. The van der Waals surface area contributed by atoms with Gasteiger partial charge in [0, 0.05) is 31.6 Å². The van der Waals surface area contributed by atoms with E-state index in [4.69, 9.17) is 9.15 Å². The first-order valence-electron chi connectivity index (χ1n) is 9.02. The molecule has 4 rings (SSSR count). The first-order chi connectivity index (χ1) is 13.9. The molecule has 0 radical (unpaired) electrons. The van der Waals surface area contributed by atoms with E-state index in [1.54, 1.807) is 23.1 Å². The number of para-hydroxylation sites is 1. The number of sulfonamides is 1. The van der Waals surface area contributed by atoms with Crippen LogP contribution in [0.25, 0.3) is 11.0 Å². The zero-order valence-corrected chi connectivity index (χ0v) is 16.5. The largest absolute Gasteiger partial charge is 0.493 e. The van der Waals surface area contributed by atoms with Crippen LogP contribution >= 0.6 is 0 Å². The summed E-state index contributed by atoms with van der Waals surface area (Å²) in [5.74, 6) is -0.218. The van der Waals surface area contributed by atoms with Crippen molar-refractivity contribution in [2.75, 3.05) is 33.3 Å². The molecule has 0 spiro atoms. The highest BCUT2D eigenvalue weighted by atomic mass is 32.2. The lowest BCUT2D eigenvalue weighted by Crippen LogP contribution is -2.50. The third-order valence-electron chi connectivity index (χ3n) is 4.90. The number of methoxy groups -OCH3 is 1. The zero-order valence-electron chi connectivity index (χ0n) is 15.7. The van der Waals surface area contributed by atoms with Crippen LogP contribution in [0.2, 0.25) is 0 Å². The van der Waals surface area contributed by atoms with Gasteiger partial charge in [0.2, 0.25) is 10.0 Å². The number of benzene rings is 2. The van der Waals surface area contributed by atoms with Gasteiger partial charge in [0.25, 0.3) is 5.91 Å². The average molecular weight is 418 g/mol. The van der Waals surface area contributed by atoms with Crippen LogP contribution in [-0.4, -0.2) is 56.8 Å². The molecular formula is C20H19FN2O5S. The van der Waals surface area contributed by atoms with Crippen LogP contribution in [0, 0.1) is 5.82 Å². The molecule has 0 N–H and O–H groups in total. The number of rotatable bonds is 4. The second-order valence-corrected chi connectivity index (χ2v) is 8.58. The van der Waals surface area contributed by atoms with E-state index >= 15 is 0 Å². The van der Waals surface area contributed by atoms with E-state index in [1.165, 1.54) is 29.6 Å². The highest BCUT2D eigenvalue weighted by Gasteiger charge is 2.31. The fraction of sp³-hybridized carbons (Fsp3) is 0.250. The number of carbonyl (C=O) groups is 1. The van der Waals surface area contributed by atoms with E-state index in [0.29, 0.717) is 11.3 Å². The molecule has 1 aromatic heterocycles. The molecule has 3 aromatic rings. The van der Waals surface area contributed by atoms with Gasteiger partial charge in [-0.05, 0) is 30.3 Å². The topological polar surface area (TPSA) is 80.1 Å². The normalized spacial score (nSPS) is 15.6. The van der Waals surface area contributed by atoms with Crippen LogP contribution in [0.15, 0.2) is 57.8 Å². The maximum atomic E-state index is 13.4. The van der Waals surface area contributed by atoms with E-state index in [2.05, 4.69) is 0 Å². The summed E-state index contributed by atoms with van der Waals surface area (Å²) in [6.07, 6.45) is 0. The van der Waals surface area contributed by atoms with Crippen molar-refractivity contribution in [2.45, 2.75) is 4.90 Å². The molecule has 29 heavy (non-hydrogen) atoms. The summed E-state index contributed by atoms with van der Waals surface area (Å²) in [4.78, 5) is 14.3. The number of carbonyl (C=O) groups excluding carboxylic acids is 1. The van der Waals surface area contributed by atoms with Gasteiger partial charge in [0.15, 0.2) is 17.1 Å². The van der Waals surface area contributed by atoms with Gasteiger partial charge in [-0.3, -0.25) is 4.79 Å². The molecule has 1 aliphatic rings. The first kappa shape index (κ1) is 19.4. The quantitative estimate of drug-likeness (QED) is 0.651. The molecule has 0 saturated carbocycles. The molecule has 7 nitrogen and oxygen atoms in total. The molecule has 0 aliphatic carbocycles. The molecule has 1 aliphatic heterocycles. The second-order valence-electron chi connectivity index (χ2n) is 6.64. The molecule has 0 unspecified atom stereocenters. The molecule has 1 fully saturated rings. The molecule has 0 bridgehead atoms. The monoisotopic (exact) mass is 418 g/mol. The number of nitrogens with zero attached hydrogens (tertiary/aromatic N) is 2. The number of halogens is 1. The van der Waals surface area contributed by atoms with Crippen molar-refractivity contribution in [2.24, 2.45) is 0 Å². The average Bonchev–Trinajstić information content (AvgIpc) is 3.17. The lowest BCUT2D eigenvalue weighted by molar-refractivity contribution is 0.0668. The van der Waals surface area contributed by atoms with Crippen molar-refractivity contribution in [1.29, 1.82) is 0 Å². The summed E-state index contributed by atoms with van der Waals surface area (Å²) in [7, 11) is -2.29. The summed E-state index contributed by atoms with van der Waals surface area (Å²) >= 11 is 0. The Labute approximate surface area is 167 Å². The molecule has 0 atom stereocenters. The van der Waals surface area contributed by atoms with Crippen LogP contribution in [0.4, 0.5) is 4.39 Å². The maximum Gasteiger partial charge on any atom is 0.289 e. The highest BCUT2D eigenvalue weighted by molar-refractivity contribution is 7.89. The fourth-order valence-corrected chi connectivity index (χ4v) is 4.82. The highest BCUT2D eigenvalue weighted by Crippen LogP contribution is 2.29. The van der Waals surface area contributed by atoms with Gasteiger partial charge in [-0.2, -0.15) is 4.31 Å². The van der Waals surface area contributed by atoms with Gasteiger partial charge in [-0.1, -0.05) is 18.2 Å². The molecule has 152 valence electrons. The Bertz CT molecular complexity index is 1170.